The summed E-state index contributed by atoms with van der Waals surface area (Å²) < 4.78 is 0. The molecule has 0 saturated carbocycles. The lowest BCUT2D eigenvalue weighted by Crippen LogP contribution is -2.27. The van der Waals surface area contributed by atoms with Crippen LogP contribution in [0.4, 0.5) is 0 Å². The maximum Gasteiger partial charge on any atom is 0.254 e. The Morgan fingerprint density at radius 3 is 2.82 bits per heavy atom. The first kappa shape index (κ1) is 10.3. The van der Waals surface area contributed by atoms with Gasteiger partial charge < -0.3 is 4.90 Å². The van der Waals surface area contributed by atoms with Crippen LogP contribution in [-0.2, 0) is 0 Å². The molecule has 1 fully saturated rings. The highest BCUT2D eigenvalue weighted by molar-refractivity contribution is 6.06. The SMILES string of the molecule is O=C(c1cccc2cnccc12)N1CCCC1. The molecule has 3 rings (SSSR count). The highest BCUT2D eigenvalue weighted by Gasteiger charge is 2.20. The van der Waals surface area contributed by atoms with Crippen molar-refractivity contribution in [3.05, 3.63) is 42.2 Å². The van der Waals surface area contributed by atoms with E-state index in [1.807, 2.05) is 29.2 Å². The summed E-state index contributed by atoms with van der Waals surface area (Å²) in [6.07, 6.45) is 5.79. The summed E-state index contributed by atoms with van der Waals surface area (Å²) in [5.74, 6) is 0.152. The van der Waals surface area contributed by atoms with Gasteiger partial charge in [-0.25, -0.2) is 0 Å². The number of pyridine rings is 1. The summed E-state index contributed by atoms with van der Waals surface area (Å²) >= 11 is 0. The summed E-state index contributed by atoms with van der Waals surface area (Å²) in [6, 6.07) is 7.73. The molecule has 0 radical (unpaired) electrons. The monoisotopic (exact) mass is 226 g/mol. The molecule has 0 N–H and O–H groups in total. The molecule has 3 heteroatoms. The average molecular weight is 226 g/mol. The third-order valence-corrected chi connectivity index (χ3v) is 3.30. The molecule has 0 aliphatic carbocycles. The van der Waals surface area contributed by atoms with Gasteiger partial charge in [-0.3, -0.25) is 9.78 Å². The van der Waals surface area contributed by atoms with E-state index in [9.17, 15) is 4.79 Å². The van der Waals surface area contributed by atoms with Crippen LogP contribution in [0.5, 0.6) is 0 Å². The molecule has 1 amide bonds. The second-order valence-corrected chi connectivity index (χ2v) is 4.40. The minimum Gasteiger partial charge on any atom is -0.339 e. The van der Waals surface area contributed by atoms with E-state index in [0.717, 1.165) is 42.3 Å². The molecule has 1 saturated heterocycles. The normalized spacial score (nSPS) is 15.4. The Morgan fingerprint density at radius 2 is 2.00 bits per heavy atom. The van der Waals surface area contributed by atoms with E-state index in [2.05, 4.69) is 4.98 Å². The predicted octanol–water partition coefficient (Wildman–Crippen LogP) is 2.47. The van der Waals surface area contributed by atoms with Gasteiger partial charge in [0.2, 0.25) is 0 Å². The third-order valence-electron chi connectivity index (χ3n) is 3.30. The topological polar surface area (TPSA) is 33.2 Å². The molecule has 86 valence electrons. The van der Waals surface area contributed by atoms with Crippen molar-refractivity contribution in [2.75, 3.05) is 13.1 Å². The maximum atomic E-state index is 12.4. The predicted molar refractivity (Wildman–Crippen MR) is 66.9 cm³/mol. The van der Waals surface area contributed by atoms with Gasteiger partial charge in [-0.2, -0.15) is 0 Å². The van der Waals surface area contributed by atoms with Crippen molar-refractivity contribution in [2.45, 2.75) is 12.8 Å². The maximum absolute atomic E-state index is 12.4. The first-order valence-corrected chi connectivity index (χ1v) is 5.98. The minimum atomic E-state index is 0.152. The summed E-state index contributed by atoms with van der Waals surface area (Å²) in [5.41, 5.74) is 0.798. The van der Waals surface area contributed by atoms with E-state index >= 15 is 0 Å². The Labute approximate surface area is 100 Å². The van der Waals surface area contributed by atoms with Gasteiger partial charge in [-0.05, 0) is 30.4 Å². The summed E-state index contributed by atoms with van der Waals surface area (Å²) in [4.78, 5) is 18.4. The lowest BCUT2D eigenvalue weighted by atomic mass is 10.1. The van der Waals surface area contributed by atoms with Crippen molar-refractivity contribution in [1.29, 1.82) is 0 Å². The molecule has 3 nitrogen and oxygen atoms in total. The van der Waals surface area contributed by atoms with Crippen LogP contribution in [0.3, 0.4) is 0 Å². The second-order valence-electron chi connectivity index (χ2n) is 4.40. The molecule has 0 bridgehead atoms. The highest BCUT2D eigenvalue weighted by Crippen LogP contribution is 2.20. The van der Waals surface area contributed by atoms with Gasteiger partial charge in [-0.1, -0.05) is 12.1 Å². The zero-order chi connectivity index (χ0) is 11.7. The number of aromatic nitrogens is 1. The summed E-state index contributed by atoms with van der Waals surface area (Å²) in [6.45, 7) is 1.78. The number of carbonyl (C=O) groups excluding carboxylic acids is 1. The Bertz CT molecular complexity index is 554. The van der Waals surface area contributed by atoms with Crippen LogP contribution < -0.4 is 0 Å². The lowest BCUT2D eigenvalue weighted by Gasteiger charge is -2.16. The van der Waals surface area contributed by atoms with E-state index in [1.54, 1.807) is 12.4 Å². The summed E-state index contributed by atoms with van der Waals surface area (Å²) in [7, 11) is 0. The number of nitrogens with zero attached hydrogens (tertiary/aromatic N) is 2. The molecule has 0 spiro atoms. The Morgan fingerprint density at radius 1 is 1.18 bits per heavy atom. The van der Waals surface area contributed by atoms with Gasteiger partial charge in [0.15, 0.2) is 0 Å². The van der Waals surface area contributed by atoms with Gasteiger partial charge in [0.05, 0.1) is 0 Å². The number of fused-ring (bicyclic) bond motifs is 1. The molecule has 1 aliphatic rings. The number of rotatable bonds is 1. The Hall–Kier alpha value is -1.90. The second kappa shape index (κ2) is 4.17. The van der Waals surface area contributed by atoms with E-state index in [0.29, 0.717) is 0 Å². The Kier molecular flexibility index (Phi) is 2.52. The largest absolute Gasteiger partial charge is 0.339 e. The van der Waals surface area contributed by atoms with Crippen LogP contribution in [0.1, 0.15) is 23.2 Å². The van der Waals surface area contributed by atoms with Crippen molar-refractivity contribution in [3.8, 4) is 0 Å². The number of likely N-dealkylation sites (tertiary alicyclic amines) is 1. The fourth-order valence-corrected chi connectivity index (χ4v) is 2.40. The molecule has 0 unspecified atom stereocenters. The average Bonchev–Trinajstić information content (AvgIpc) is 2.91. The van der Waals surface area contributed by atoms with Crippen molar-refractivity contribution in [1.82, 2.24) is 9.88 Å². The lowest BCUT2D eigenvalue weighted by molar-refractivity contribution is 0.0795. The minimum absolute atomic E-state index is 0.152. The van der Waals surface area contributed by atoms with Crippen LogP contribution in [0.2, 0.25) is 0 Å². The van der Waals surface area contributed by atoms with E-state index in [4.69, 9.17) is 0 Å². The number of hydrogen-bond acceptors (Lipinski definition) is 2. The van der Waals surface area contributed by atoms with Crippen LogP contribution in [-0.4, -0.2) is 28.9 Å². The standard InChI is InChI=1S/C14H14N2O/c17-14(16-8-1-2-9-16)13-5-3-4-11-10-15-7-6-12(11)13/h3-7,10H,1-2,8-9H2. The van der Waals surface area contributed by atoms with Crippen molar-refractivity contribution in [3.63, 3.8) is 0 Å². The fourth-order valence-electron chi connectivity index (χ4n) is 2.40. The molecule has 17 heavy (non-hydrogen) atoms. The van der Waals surface area contributed by atoms with E-state index < -0.39 is 0 Å². The van der Waals surface area contributed by atoms with Gasteiger partial charge in [-0.15, -0.1) is 0 Å². The van der Waals surface area contributed by atoms with Crippen molar-refractivity contribution < 1.29 is 4.79 Å². The third kappa shape index (κ3) is 1.78. The van der Waals surface area contributed by atoms with Crippen LogP contribution >= 0.6 is 0 Å². The molecule has 1 aromatic carbocycles. The van der Waals surface area contributed by atoms with Crippen molar-refractivity contribution >= 4 is 16.7 Å². The first-order valence-electron chi connectivity index (χ1n) is 5.98. The molecular formula is C14H14N2O. The smallest absolute Gasteiger partial charge is 0.254 e. The molecule has 1 aromatic heterocycles. The molecule has 1 aliphatic heterocycles. The molecule has 0 atom stereocenters. The molecule has 2 heterocycles. The Balaban J connectivity index is 2.07. The van der Waals surface area contributed by atoms with Gasteiger partial charge >= 0.3 is 0 Å². The van der Waals surface area contributed by atoms with Gasteiger partial charge in [0.1, 0.15) is 0 Å². The number of hydrogen-bond donors (Lipinski definition) is 0. The molecule has 2 aromatic rings. The fraction of sp³-hybridized carbons (Fsp3) is 0.286. The van der Waals surface area contributed by atoms with Gasteiger partial charge in [0, 0.05) is 36.4 Å². The van der Waals surface area contributed by atoms with Gasteiger partial charge in [0.25, 0.3) is 5.91 Å². The van der Waals surface area contributed by atoms with E-state index in [1.165, 1.54) is 0 Å². The molecular weight excluding hydrogens is 212 g/mol. The zero-order valence-electron chi connectivity index (χ0n) is 9.60. The highest BCUT2D eigenvalue weighted by atomic mass is 16.2. The number of amides is 1. The van der Waals surface area contributed by atoms with Crippen LogP contribution in [0, 0.1) is 0 Å². The number of benzene rings is 1. The quantitative estimate of drug-likeness (QED) is 0.748. The van der Waals surface area contributed by atoms with Crippen LogP contribution in [0.25, 0.3) is 10.8 Å². The van der Waals surface area contributed by atoms with Crippen molar-refractivity contribution in [2.24, 2.45) is 0 Å². The zero-order valence-corrected chi connectivity index (χ0v) is 9.60. The van der Waals surface area contributed by atoms with E-state index in [-0.39, 0.29) is 5.91 Å². The first-order chi connectivity index (χ1) is 8.36. The summed E-state index contributed by atoms with van der Waals surface area (Å²) in [5, 5.41) is 2.02. The number of carbonyl (C=O) groups is 1. The van der Waals surface area contributed by atoms with Crippen LogP contribution in [0.15, 0.2) is 36.7 Å².